The molecule has 2 rings (SSSR count). The fourth-order valence-electron chi connectivity index (χ4n) is 3.17. The number of carbonyl (C=O) groups excluding carboxylic acids is 1. The second-order valence-corrected chi connectivity index (χ2v) is 8.23. The molecular formula is C20H35Cl2N3O. The van der Waals surface area contributed by atoms with Gasteiger partial charge in [0.15, 0.2) is 0 Å². The summed E-state index contributed by atoms with van der Waals surface area (Å²) in [6, 6.07) is 10.2. The Bertz CT molecular complexity index is 526. The van der Waals surface area contributed by atoms with Crippen LogP contribution in [0.15, 0.2) is 30.3 Å². The molecule has 1 fully saturated rings. The van der Waals surface area contributed by atoms with Crippen molar-refractivity contribution in [2.45, 2.75) is 52.6 Å². The Balaban J connectivity index is 0.00000312. The third-order valence-corrected chi connectivity index (χ3v) is 5.13. The van der Waals surface area contributed by atoms with Gasteiger partial charge in [0.2, 0.25) is 5.91 Å². The number of nitrogens with one attached hydrogen (secondary N) is 1. The topological polar surface area (TPSA) is 58.4 Å². The molecule has 6 heteroatoms. The smallest absolute Gasteiger partial charge is 0.237 e. The molecule has 0 aliphatic carbocycles. The first kappa shape index (κ1) is 25.2. The standard InChI is InChI=1S/C20H33N3O.2ClH/c1-15-10-12-23(13-11-15)17(16-8-6-5-7-9-16)14-22-19(24)18(21)20(2,3)4;;/h5-9,15,17-18H,10-14,21H2,1-4H3,(H,22,24);2*1H/t17?,18-;;/m1../s1. The van der Waals surface area contributed by atoms with Crippen LogP contribution in [0.3, 0.4) is 0 Å². The highest BCUT2D eigenvalue weighted by Crippen LogP contribution is 2.26. The predicted molar refractivity (Wildman–Crippen MR) is 114 cm³/mol. The molecule has 1 heterocycles. The van der Waals surface area contributed by atoms with E-state index in [4.69, 9.17) is 5.73 Å². The van der Waals surface area contributed by atoms with Gasteiger partial charge in [0, 0.05) is 6.54 Å². The van der Waals surface area contributed by atoms with Gasteiger partial charge in [-0.15, -0.1) is 24.8 Å². The molecule has 1 aliphatic rings. The van der Waals surface area contributed by atoms with Gasteiger partial charge >= 0.3 is 0 Å². The quantitative estimate of drug-likeness (QED) is 0.785. The molecule has 2 atom stereocenters. The molecule has 150 valence electrons. The summed E-state index contributed by atoms with van der Waals surface area (Å²) in [5.74, 6) is 0.732. The summed E-state index contributed by atoms with van der Waals surface area (Å²) < 4.78 is 0. The minimum atomic E-state index is -0.490. The Morgan fingerprint density at radius 3 is 2.23 bits per heavy atom. The second-order valence-electron chi connectivity index (χ2n) is 8.23. The third-order valence-electron chi connectivity index (χ3n) is 5.13. The lowest BCUT2D eigenvalue weighted by atomic mass is 9.87. The normalized spacial score (nSPS) is 18.2. The maximum absolute atomic E-state index is 12.4. The van der Waals surface area contributed by atoms with E-state index < -0.39 is 6.04 Å². The lowest BCUT2D eigenvalue weighted by molar-refractivity contribution is -0.124. The molecule has 1 saturated heterocycles. The Labute approximate surface area is 171 Å². The summed E-state index contributed by atoms with van der Waals surface area (Å²) in [5, 5.41) is 3.09. The molecule has 4 nitrogen and oxygen atoms in total. The molecule has 0 spiro atoms. The first-order valence-corrected chi connectivity index (χ1v) is 9.11. The number of nitrogens with zero attached hydrogens (tertiary/aromatic N) is 1. The van der Waals surface area contributed by atoms with Crippen LogP contribution in [0.5, 0.6) is 0 Å². The zero-order valence-corrected chi connectivity index (χ0v) is 18.0. The van der Waals surface area contributed by atoms with Crippen LogP contribution in [0.25, 0.3) is 0 Å². The highest BCUT2D eigenvalue weighted by atomic mass is 35.5. The Morgan fingerprint density at radius 1 is 1.19 bits per heavy atom. The van der Waals surface area contributed by atoms with Gasteiger partial charge < -0.3 is 11.1 Å². The van der Waals surface area contributed by atoms with Crippen molar-refractivity contribution in [1.82, 2.24) is 10.2 Å². The average molecular weight is 404 g/mol. The fourth-order valence-corrected chi connectivity index (χ4v) is 3.17. The number of nitrogens with two attached hydrogens (primary N) is 1. The number of rotatable bonds is 5. The van der Waals surface area contributed by atoms with E-state index in [2.05, 4.69) is 41.4 Å². The molecule has 0 saturated carbocycles. The van der Waals surface area contributed by atoms with Crippen LogP contribution in [0.2, 0.25) is 0 Å². The van der Waals surface area contributed by atoms with Crippen molar-refractivity contribution in [1.29, 1.82) is 0 Å². The number of piperidine rings is 1. The molecule has 26 heavy (non-hydrogen) atoms. The van der Waals surface area contributed by atoms with Crippen LogP contribution in [-0.4, -0.2) is 36.5 Å². The zero-order chi connectivity index (χ0) is 17.7. The van der Waals surface area contributed by atoms with E-state index in [0.717, 1.165) is 19.0 Å². The van der Waals surface area contributed by atoms with Gasteiger partial charge in [0.25, 0.3) is 0 Å². The van der Waals surface area contributed by atoms with Crippen molar-refractivity contribution in [3.8, 4) is 0 Å². The first-order chi connectivity index (χ1) is 11.3. The van der Waals surface area contributed by atoms with Crippen molar-refractivity contribution in [2.24, 2.45) is 17.1 Å². The number of hydrogen-bond acceptors (Lipinski definition) is 3. The minimum absolute atomic E-state index is 0. The highest BCUT2D eigenvalue weighted by molar-refractivity contribution is 5.85. The summed E-state index contributed by atoms with van der Waals surface area (Å²) in [5.41, 5.74) is 7.12. The Hall–Kier alpha value is -0.810. The monoisotopic (exact) mass is 403 g/mol. The summed E-state index contributed by atoms with van der Waals surface area (Å²) in [6.07, 6.45) is 2.44. The van der Waals surface area contributed by atoms with E-state index in [0.29, 0.717) is 6.54 Å². The molecule has 0 aromatic heterocycles. The average Bonchev–Trinajstić information content (AvgIpc) is 2.56. The molecule has 1 aromatic rings. The van der Waals surface area contributed by atoms with Gasteiger partial charge in [-0.25, -0.2) is 0 Å². The van der Waals surface area contributed by atoms with Crippen LogP contribution in [0.1, 0.15) is 52.1 Å². The first-order valence-electron chi connectivity index (χ1n) is 9.11. The van der Waals surface area contributed by atoms with E-state index in [9.17, 15) is 4.79 Å². The minimum Gasteiger partial charge on any atom is -0.353 e. The number of hydrogen-bond donors (Lipinski definition) is 2. The summed E-state index contributed by atoms with van der Waals surface area (Å²) in [4.78, 5) is 14.9. The molecule has 1 aromatic carbocycles. The highest BCUT2D eigenvalue weighted by Gasteiger charge is 2.29. The van der Waals surface area contributed by atoms with Crippen molar-refractivity contribution in [3.05, 3.63) is 35.9 Å². The van der Waals surface area contributed by atoms with Crippen molar-refractivity contribution in [3.63, 3.8) is 0 Å². The van der Waals surface area contributed by atoms with Crippen LogP contribution >= 0.6 is 24.8 Å². The number of likely N-dealkylation sites (tertiary alicyclic amines) is 1. The van der Waals surface area contributed by atoms with Crippen LogP contribution in [0.4, 0.5) is 0 Å². The van der Waals surface area contributed by atoms with Gasteiger partial charge in [-0.3, -0.25) is 9.69 Å². The van der Waals surface area contributed by atoms with Gasteiger partial charge in [0.1, 0.15) is 0 Å². The van der Waals surface area contributed by atoms with E-state index in [1.54, 1.807) is 0 Å². The number of amides is 1. The molecule has 1 amide bonds. The summed E-state index contributed by atoms with van der Waals surface area (Å²) >= 11 is 0. The second kappa shape index (κ2) is 11.1. The molecule has 3 N–H and O–H groups in total. The molecule has 1 unspecified atom stereocenters. The molecular weight excluding hydrogens is 369 g/mol. The third kappa shape index (κ3) is 7.07. The van der Waals surface area contributed by atoms with Gasteiger partial charge in [-0.1, -0.05) is 58.0 Å². The van der Waals surface area contributed by atoms with Gasteiger partial charge in [0.05, 0.1) is 12.1 Å². The van der Waals surface area contributed by atoms with E-state index in [1.807, 2.05) is 26.8 Å². The number of carbonyl (C=O) groups is 1. The van der Waals surface area contributed by atoms with E-state index >= 15 is 0 Å². The summed E-state index contributed by atoms with van der Waals surface area (Å²) in [7, 11) is 0. The van der Waals surface area contributed by atoms with Gasteiger partial charge in [-0.2, -0.15) is 0 Å². The van der Waals surface area contributed by atoms with E-state index in [1.165, 1.54) is 18.4 Å². The van der Waals surface area contributed by atoms with E-state index in [-0.39, 0.29) is 42.2 Å². The van der Waals surface area contributed by atoms with Crippen LogP contribution in [0, 0.1) is 11.3 Å². The molecule has 0 bridgehead atoms. The Kier molecular flexibility index (Phi) is 10.8. The predicted octanol–water partition coefficient (Wildman–Crippen LogP) is 3.79. The Morgan fingerprint density at radius 2 is 1.73 bits per heavy atom. The van der Waals surface area contributed by atoms with Crippen molar-refractivity contribution < 1.29 is 4.79 Å². The zero-order valence-electron chi connectivity index (χ0n) is 16.4. The number of benzene rings is 1. The van der Waals surface area contributed by atoms with Crippen molar-refractivity contribution >= 4 is 30.7 Å². The fraction of sp³-hybridized carbons (Fsp3) is 0.650. The van der Waals surface area contributed by atoms with Gasteiger partial charge in [-0.05, 0) is 42.8 Å². The largest absolute Gasteiger partial charge is 0.353 e. The van der Waals surface area contributed by atoms with Crippen LogP contribution in [-0.2, 0) is 4.79 Å². The lowest BCUT2D eigenvalue weighted by Crippen LogP contribution is -2.50. The number of halogens is 2. The molecule has 0 radical (unpaired) electrons. The maximum Gasteiger partial charge on any atom is 0.237 e. The summed E-state index contributed by atoms with van der Waals surface area (Å²) in [6.45, 7) is 11.1. The van der Waals surface area contributed by atoms with Crippen LogP contribution < -0.4 is 11.1 Å². The maximum atomic E-state index is 12.4. The van der Waals surface area contributed by atoms with Crippen molar-refractivity contribution in [2.75, 3.05) is 19.6 Å². The lowest BCUT2D eigenvalue weighted by Gasteiger charge is -2.37. The molecule has 1 aliphatic heterocycles. The SMILES string of the molecule is CC1CCN(C(CNC(=O)[C@@H](N)C(C)(C)C)c2ccccc2)CC1.Cl.Cl.